The van der Waals surface area contributed by atoms with E-state index in [1.165, 1.54) is 0 Å². The second kappa shape index (κ2) is 5.33. The standard InChI is InChI=1S/C11H16ClN3OS/c1-7(11-14-9(4-12)6-17-11)15-3-2-8(5-15)10(13)16/h6-8H,2-5H2,1H3,(H2,13,16). The molecule has 1 saturated heterocycles. The van der Waals surface area contributed by atoms with Crippen LogP contribution in [0.25, 0.3) is 0 Å². The van der Waals surface area contributed by atoms with Gasteiger partial charge < -0.3 is 5.73 Å². The highest BCUT2D eigenvalue weighted by Gasteiger charge is 2.30. The summed E-state index contributed by atoms with van der Waals surface area (Å²) in [7, 11) is 0. The van der Waals surface area contributed by atoms with Crippen molar-refractivity contribution in [2.45, 2.75) is 25.3 Å². The van der Waals surface area contributed by atoms with E-state index in [4.69, 9.17) is 17.3 Å². The molecule has 2 N–H and O–H groups in total. The Morgan fingerprint density at radius 3 is 3.12 bits per heavy atom. The molecule has 1 fully saturated rings. The summed E-state index contributed by atoms with van der Waals surface area (Å²) in [6.45, 7) is 3.76. The van der Waals surface area contributed by atoms with Gasteiger partial charge in [0.25, 0.3) is 0 Å². The van der Waals surface area contributed by atoms with Gasteiger partial charge in [0.05, 0.1) is 23.5 Å². The van der Waals surface area contributed by atoms with Crippen LogP contribution in [0.5, 0.6) is 0 Å². The molecule has 1 aromatic rings. The Labute approximate surface area is 110 Å². The minimum Gasteiger partial charge on any atom is -0.369 e. The first kappa shape index (κ1) is 12.8. The van der Waals surface area contributed by atoms with Crippen molar-refractivity contribution in [1.82, 2.24) is 9.88 Å². The van der Waals surface area contributed by atoms with E-state index in [1.807, 2.05) is 5.38 Å². The molecule has 0 saturated carbocycles. The number of halogens is 1. The number of rotatable bonds is 4. The van der Waals surface area contributed by atoms with Gasteiger partial charge in [-0.3, -0.25) is 9.69 Å². The summed E-state index contributed by atoms with van der Waals surface area (Å²) in [4.78, 5) is 17.8. The van der Waals surface area contributed by atoms with Crippen LogP contribution in [0.2, 0.25) is 0 Å². The molecule has 2 unspecified atom stereocenters. The lowest BCUT2D eigenvalue weighted by atomic mass is 10.1. The Hall–Kier alpha value is -0.650. The van der Waals surface area contributed by atoms with Crippen molar-refractivity contribution >= 4 is 28.8 Å². The summed E-state index contributed by atoms with van der Waals surface area (Å²) in [5, 5.41) is 3.05. The lowest BCUT2D eigenvalue weighted by molar-refractivity contribution is -0.121. The van der Waals surface area contributed by atoms with Crippen LogP contribution in [-0.2, 0) is 10.7 Å². The molecule has 2 atom stereocenters. The molecule has 0 bridgehead atoms. The molecule has 2 rings (SSSR count). The number of primary amides is 1. The van der Waals surface area contributed by atoms with Crippen molar-refractivity contribution in [3.63, 3.8) is 0 Å². The van der Waals surface area contributed by atoms with Crippen LogP contribution in [-0.4, -0.2) is 28.9 Å². The van der Waals surface area contributed by atoms with E-state index in [0.29, 0.717) is 5.88 Å². The topological polar surface area (TPSA) is 59.2 Å². The average molecular weight is 274 g/mol. The number of carbonyl (C=O) groups excluding carboxylic acids is 1. The summed E-state index contributed by atoms with van der Waals surface area (Å²) in [5.41, 5.74) is 6.25. The van der Waals surface area contributed by atoms with Gasteiger partial charge in [-0.25, -0.2) is 4.98 Å². The highest BCUT2D eigenvalue weighted by molar-refractivity contribution is 7.09. The van der Waals surface area contributed by atoms with E-state index >= 15 is 0 Å². The molecule has 17 heavy (non-hydrogen) atoms. The van der Waals surface area contributed by atoms with Gasteiger partial charge in [0.1, 0.15) is 5.01 Å². The third-order valence-corrected chi connectivity index (χ3v) is 4.57. The van der Waals surface area contributed by atoms with E-state index < -0.39 is 0 Å². The number of hydrogen-bond acceptors (Lipinski definition) is 4. The maximum absolute atomic E-state index is 11.1. The quantitative estimate of drug-likeness (QED) is 0.851. The van der Waals surface area contributed by atoms with E-state index in [-0.39, 0.29) is 17.9 Å². The highest BCUT2D eigenvalue weighted by Crippen LogP contribution is 2.29. The molecule has 1 amide bonds. The molecular weight excluding hydrogens is 258 g/mol. The second-order valence-corrected chi connectivity index (χ2v) is 5.53. The smallest absolute Gasteiger partial charge is 0.221 e. The van der Waals surface area contributed by atoms with Crippen LogP contribution < -0.4 is 5.73 Å². The number of amides is 1. The van der Waals surface area contributed by atoms with Crippen LogP contribution in [0.3, 0.4) is 0 Å². The fourth-order valence-corrected chi connectivity index (χ4v) is 3.24. The zero-order valence-electron chi connectivity index (χ0n) is 9.73. The van der Waals surface area contributed by atoms with Crippen LogP contribution in [0.4, 0.5) is 0 Å². The molecular formula is C11H16ClN3OS. The Balaban J connectivity index is 2.01. The maximum Gasteiger partial charge on any atom is 0.221 e. The number of nitrogens with zero attached hydrogens (tertiary/aromatic N) is 2. The first-order valence-corrected chi connectivity index (χ1v) is 7.07. The SMILES string of the molecule is CC(c1nc(CCl)cs1)N1CCC(C(N)=O)C1. The summed E-state index contributed by atoms with van der Waals surface area (Å²) in [6, 6.07) is 0.237. The zero-order valence-corrected chi connectivity index (χ0v) is 11.3. The van der Waals surface area contributed by atoms with Gasteiger partial charge in [0, 0.05) is 11.9 Å². The third-order valence-electron chi connectivity index (χ3n) is 3.23. The van der Waals surface area contributed by atoms with Crippen LogP contribution in [0.15, 0.2) is 5.38 Å². The number of carbonyl (C=O) groups is 1. The number of nitrogens with two attached hydrogens (primary N) is 1. The van der Waals surface area contributed by atoms with E-state index in [9.17, 15) is 4.79 Å². The van der Waals surface area contributed by atoms with Crippen LogP contribution in [0, 0.1) is 5.92 Å². The van der Waals surface area contributed by atoms with Gasteiger partial charge >= 0.3 is 0 Å². The molecule has 4 nitrogen and oxygen atoms in total. The molecule has 1 aromatic heterocycles. The summed E-state index contributed by atoms with van der Waals surface area (Å²) >= 11 is 7.36. The lowest BCUT2D eigenvalue weighted by Crippen LogP contribution is -2.29. The fraction of sp³-hybridized carbons (Fsp3) is 0.636. The summed E-state index contributed by atoms with van der Waals surface area (Å²) in [6.07, 6.45) is 0.855. The monoisotopic (exact) mass is 273 g/mol. The van der Waals surface area contributed by atoms with Crippen molar-refractivity contribution in [1.29, 1.82) is 0 Å². The predicted molar refractivity (Wildman–Crippen MR) is 69.0 cm³/mol. The molecule has 0 radical (unpaired) electrons. The van der Waals surface area contributed by atoms with Gasteiger partial charge in [0.15, 0.2) is 0 Å². The lowest BCUT2D eigenvalue weighted by Gasteiger charge is -2.21. The van der Waals surface area contributed by atoms with Gasteiger partial charge in [-0.2, -0.15) is 0 Å². The van der Waals surface area contributed by atoms with Crippen molar-refractivity contribution < 1.29 is 4.79 Å². The van der Waals surface area contributed by atoms with Crippen molar-refractivity contribution in [3.8, 4) is 0 Å². The zero-order chi connectivity index (χ0) is 12.4. The van der Waals surface area contributed by atoms with Gasteiger partial charge in [-0.05, 0) is 19.9 Å². The molecule has 0 aliphatic carbocycles. The second-order valence-electron chi connectivity index (χ2n) is 4.37. The Morgan fingerprint density at radius 2 is 2.59 bits per heavy atom. The largest absolute Gasteiger partial charge is 0.369 e. The molecule has 1 aliphatic heterocycles. The number of thiazole rings is 1. The van der Waals surface area contributed by atoms with E-state index in [1.54, 1.807) is 11.3 Å². The van der Waals surface area contributed by atoms with Crippen molar-refractivity contribution in [2.75, 3.05) is 13.1 Å². The number of hydrogen-bond donors (Lipinski definition) is 1. The number of likely N-dealkylation sites (tertiary alicyclic amines) is 1. The normalized spacial score (nSPS) is 22.8. The molecule has 6 heteroatoms. The van der Waals surface area contributed by atoms with E-state index in [0.717, 1.165) is 30.2 Å². The summed E-state index contributed by atoms with van der Waals surface area (Å²) in [5.74, 6) is 0.248. The molecule has 94 valence electrons. The highest BCUT2D eigenvalue weighted by atomic mass is 35.5. The number of alkyl halides is 1. The van der Waals surface area contributed by atoms with Gasteiger partial charge in [-0.1, -0.05) is 0 Å². The molecule has 2 heterocycles. The van der Waals surface area contributed by atoms with Gasteiger partial charge in [-0.15, -0.1) is 22.9 Å². The van der Waals surface area contributed by atoms with E-state index in [2.05, 4.69) is 16.8 Å². The first-order valence-electron chi connectivity index (χ1n) is 5.65. The van der Waals surface area contributed by atoms with Crippen molar-refractivity contribution in [3.05, 3.63) is 16.1 Å². The maximum atomic E-state index is 11.1. The molecule has 0 aromatic carbocycles. The first-order chi connectivity index (χ1) is 8.11. The number of aromatic nitrogens is 1. The minimum absolute atomic E-state index is 0.00934. The average Bonchev–Trinajstić information content (AvgIpc) is 2.97. The minimum atomic E-state index is -0.194. The Kier molecular flexibility index (Phi) is 4.01. The fourth-order valence-electron chi connectivity index (χ4n) is 2.10. The third kappa shape index (κ3) is 2.78. The Morgan fingerprint density at radius 1 is 1.82 bits per heavy atom. The Bertz CT molecular complexity index is 409. The van der Waals surface area contributed by atoms with Gasteiger partial charge in [0.2, 0.25) is 5.91 Å². The van der Waals surface area contributed by atoms with Crippen LogP contribution in [0.1, 0.15) is 30.1 Å². The predicted octanol–water partition coefficient (Wildman–Crippen LogP) is 1.75. The molecule has 1 aliphatic rings. The summed E-state index contributed by atoms with van der Waals surface area (Å²) < 4.78 is 0. The molecule has 0 spiro atoms. The van der Waals surface area contributed by atoms with Crippen molar-refractivity contribution in [2.24, 2.45) is 11.7 Å². The van der Waals surface area contributed by atoms with Crippen LogP contribution >= 0.6 is 22.9 Å².